The highest BCUT2D eigenvalue weighted by molar-refractivity contribution is 5.87. The second-order valence-corrected chi connectivity index (χ2v) is 2.38. The van der Waals surface area contributed by atoms with Crippen molar-refractivity contribution in [1.82, 2.24) is 4.98 Å². The Hall–Kier alpha value is -1.58. The molecule has 1 heterocycles. The summed E-state index contributed by atoms with van der Waals surface area (Å²) < 4.78 is 4.80. The minimum Gasteiger partial charge on any atom is -0.461 e. The highest BCUT2D eigenvalue weighted by Gasteiger charge is 2.07. The SMILES string of the molecule is CCOC(=O)c1cccc(NC)n1. The van der Waals surface area contributed by atoms with Gasteiger partial charge in [0, 0.05) is 7.05 Å². The molecule has 0 unspecified atom stereocenters. The molecule has 70 valence electrons. The van der Waals surface area contributed by atoms with Crippen molar-refractivity contribution < 1.29 is 9.53 Å². The highest BCUT2D eigenvalue weighted by Crippen LogP contribution is 2.04. The average Bonchev–Trinajstić information content (AvgIpc) is 2.18. The number of anilines is 1. The van der Waals surface area contributed by atoms with Crippen LogP contribution < -0.4 is 5.32 Å². The summed E-state index contributed by atoms with van der Waals surface area (Å²) in [5, 5.41) is 2.85. The van der Waals surface area contributed by atoms with E-state index in [0.717, 1.165) is 0 Å². The van der Waals surface area contributed by atoms with Gasteiger partial charge in [0.05, 0.1) is 6.61 Å². The van der Waals surface area contributed by atoms with Gasteiger partial charge >= 0.3 is 5.97 Å². The Morgan fingerprint density at radius 1 is 1.62 bits per heavy atom. The van der Waals surface area contributed by atoms with Gasteiger partial charge in [-0.05, 0) is 19.1 Å². The fourth-order valence-electron chi connectivity index (χ4n) is 0.893. The van der Waals surface area contributed by atoms with Crippen LogP contribution in [-0.2, 0) is 4.74 Å². The van der Waals surface area contributed by atoms with Crippen LogP contribution in [0.5, 0.6) is 0 Å². The van der Waals surface area contributed by atoms with Gasteiger partial charge in [0.25, 0.3) is 0 Å². The van der Waals surface area contributed by atoms with Crippen molar-refractivity contribution in [2.75, 3.05) is 19.0 Å². The number of nitrogens with zero attached hydrogens (tertiary/aromatic N) is 1. The van der Waals surface area contributed by atoms with E-state index in [4.69, 9.17) is 4.74 Å². The number of carbonyl (C=O) groups is 1. The maximum Gasteiger partial charge on any atom is 0.356 e. The summed E-state index contributed by atoms with van der Waals surface area (Å²) in [4.78, 5) is 15.2. The molecule has 1 aromatic heterocycles. The molecule has 0 radical (unpaired) electrons. The molecule has 0 fully saturated rings. The van der Waals surface area contributed by atoms with Gasteiger partial charge in [0.2, 0.25) is 0 Å². The Kier molecular flexibility index (Phi) is 3.25. The van der Waals surface area contributed by atoms with E-state index in [1.807, 2.05) is 0 Å². The molecule has 0 aromatic carbocycles. The average molecular weight is 180 g/mol. The summed E-state index contributed by atoms with van der Waals surface area (Å²) in [6.45, 7) is 2.13. The van der Waals surface area contributed by atoms with Gasteiger partial charge in [-0.25, -0.2) is 9.78 Å². The Morgan fingerprint density at radius 3 is 3.00 bits per heavy atom. The van der Waals surface area contributed by atoms with Crippen molar-refractivity contribution in [2.24, 2.45) is 0 Å². The molecule has 1 aromatic rings. The van der Waals surface area contributed by atoms with Gasteiger partial charge in [0.1, 0.15) is 5.82 Å². The summed E-state index contributed by atoms with van der Waals surface area (Å²) >= 11 is 0. The lowest BCUT2D eigenvalue weighted by molar-refractivity contribution is 0.0519. The molecule has 0 aliphatic rings. The molecule has 0 saturated heterocycles. The van der Waals surface area contributed by atoms with Gasteiger partial charge in [0.15, 0.2) is 5.69 Å². The van der Waals surface area contributed by atoms with Gasteiger partial charge in [-0.2, -0.15) is 0 Å². The third-order valence-corrected chi connectivity index (χ3v) is 1.49. The Bertz CT molecular complexity index is 299. The second kappa shape index (κ2) is 4.45. The number of ether oxygens (including phenoxy) is 1. The smallest absolute Gasteiger partial charge is 0.356 e. The topological polar surface area (TPSA) is 51.2 Å². The number of nitrogens with one attached hydrogen (secondary N) is 1. The number of rotatable bonds is 3. The lowest BCUT2D eigenvalue weighted by Gasteiger charge is -2.02. The van der Waals surface area contributed by atoms with Gasteiger partial charge in [-0.3, -0.25) is 0 Å². The Morgan fingerprint density at radius 2 is 2.38 bits per heavy atom. The first kappa shape index (κ1) is 9.51. The molecule has 0 spiro atoms. The molecule has 0 aliphatic heterocycles. The van der Waals surface area contributed by atoms with Gasteiger partial charge in [-0.15, -0.1) is 0 Å². The van der Waals surface area contributed by atoms with Crippen molar-refractivity contribution in [1.29, 1.82) is 0 Å². The lowest BCUT2D eigenvalue weighted by atomic mass is 10.3. The van der Waals surface area contributed by atoms with Crippen molar-refractivity contribution in [3.8, 4) is 0 Å². The van der Waals surface area contributed by atoms with Crippen LogP contribution in [0.15, 0.2) is 18.2 Å². The van der Waals surface area contributed by atoms with Crippen LogP contribution in [0.25, 0.3) is 0 Å². The van der Waals surface area contributed by atoms with Crippen LogP contribution >= 0.6 is 0 Å². The first-order valence-electron chi connectivity index (χ1n) is 4.10. The normalized spacial score (nSPS) is 9.38. The minimum atomic E-state index is -0.389. The molecule has 1 N–H and O–H groups in total. The summed E-state index contributed by atoms with van der Waals surface area (Å²) in [5.41, 5.74) is 0.328. The first-order valence-corrected chi connectivity index (χ1v) is 4.10. The van der Waals surface area contributed by atoms with E-state index in [9.17, 15) is 4.79 Å². The van der Waals surface area contributed by atoms with Crippen molar-refractivity contribution >= 4 is 11.8 Å². The zero-order valence-corrected chi connectivity index (χ0v) is 7.70. The number of esters is 1. The third kappa shape index (κ3) is 2.43. The number of carbonyl (C=O) groups excluding carboxylic acids is 1. The molecule has 4 heteroatoms. The van der Waals surface area contributed by atoms with Gasteiger partial charge in [-0.1, -0.05) is 6.07 Å². The third-order valence-electron chi connectivity index (χ3n) is 1.49. The molecule has 0 amide bonds. The first-order chi connectivity index (χ1) is 6.27. The van der Waals surface area contributed by atoms with E-state index in [2.05, 4.69) is 10.3 Å². The fraction of sp³-hybridized carbons (Fsp3) is 0.333. The van der Waals surface area contributed by atoms with E-state index < -0.39 is 0 Å². The quantitative estimate of drug-likeness (QED) is 0.712. The standard InChI is InChI=1S/C9H12N2O2/c1-3-13-9(12)7-5-4-6-8(10-2)11-7/h4-6H,3H2,1-2H3,(H,10,11). The van der Waals surface area contributed by atoms with Crippen LogP contribution in [0, 0.1) is 0 Å². The largest absolute Gasteiger partial charge is 0.461 e. The second-order valence-electron chi connectivity index (χ2n) is 2.38. The lowest BCUT2D eigenvalue weighted by Crippen LogP contribution is -2.07. The molecular weight excluding hydrogens is 168 g/mol. The molecule has 0 saturated carbocycles. The maximum atomic E-state index is 11.2. The molecule has 0 bridgehead atoms. The number of hydrogen-bond acceptors (Lipinski definition) is 4. The number of pyridine rings is 1. The minimum absolute atomic E-state index is 0.328. The molecule has 13 heavy (non-hydrogen) atoms. The van der Waals surface area contributed by atoms with Crippen molar-refractivity contribution in [3.05, 3.63) is 23.9 Å². The van der Waals surface area contributed by atoms with E-state index in [0.29, 0.717) is 18.1 Å². The predicted molar refractivity (Wildman–Crippen MR) is 49.7 cm³/mol. The molecule has 0 atom stereocenters. The van der Waals surface area contributed by atoms with E-state index in [1.54, 1.807) is 32.2 Å². The van der Waals surface area contributed by atoms with Crippen LogP contribution in [0.2, 0.25) is 0 Å². The number of hydrogen-bond donors (Lipinski definition) is 1. The van der Waals surface area contributed by atoms with Crippen LogP contribution in [0.3, 0.4) is 0 Å². The molecular formula is C9H12N2O2. The maximum absolute atomic E-state index is 11.2. The van der Waals surface area contributed by atoms with E-state index in [1.165, 1.54) is 0 Å². The van der Waals surface area contributed by atoms with Crippen molar-refractivity contribution in [3.63, 3.8) is 0 Å². The monoisotopic (exact) mass is 180 g/mol. The van der Waals surface area contributed by atoms with E-state index in [-0.39, 0.29) is 5.97 Å². The highest BCUT2D eigenvalue weighted by atomic mass is 16.5. The fourth-order valence-corrected chi connectivity index (χ4v) is 0.893. The summed E-state index contributed by atoms with van der Waals surface area (Å²) in [5.74, 6) is 0.269. The van der Waals surface area contributed by atoms with Gasteiger partial charge < -0.3 is 10.1 Å². The van der Waals surface area contributed by atoms with Crippen LogP contribution in [0.1, 0.15) is 17.4 Å². The van der Waals surface area contributed by atoms with Crippen LogP contribution in [-0.4, -0.2) is 24.6 Å². The van der Waals surface area contributed by atoms with Crippen LogP contribution in [0.4, 0.5) is 5.82 Å². The van der Waals surface area contributed by atoms with Crippen molar-refractivity contribution in [2.45, 2.75) is 6.92 Å². The summed E-state index contributed by atoms with van der Waals surface area (Å²) in [6, 6.07) is 5.16. The zero-order chi connectivity index (χ0) is 9.68. The molecule has 0 aliphatic carbocycles. The summed E-state index contributed by atoms with van der Waals surface area (Å²) in [6.07, 6.45) is 0. The van der Waals surface area contributed by atoms with E-state index >= 15 is 0 Å². The predicted octanol–water partition coefficient (Wildman–Crippen LogP) is 1.30. The zero-order valence-electron chi connectivity index (χ0n) is 7.70. The Labute approximate surface area is 76.9 Å². The molecule has 4 nitrogen and oxygen atoms in total. The number of aromatic nitrogens is 1. The summed E-state index contributed by atoms with van der Waals surface area (Å²) in [7, 11) is 1.75. The Balaban J connectivity index is 2.82. The molecule has 1 rings (SSSR count).